The molecule has 0 bridgehead atoms. The fraction of sp³-hybridized carbons (Fsp3) is 0.360. The van der Waals surface area contributed by atoms with Crippen molar-refractivity contribution in [2.45, 2.75) is 29.9 Å². The number of anilines is 1. The lowest BCUT2D eigenvalue weighted by atomic mass is 9.90. The van der Waals surface area contributed by atoms with Gasteiger partial charge in [-0.2, -0.15) is 0 Å². The Morgan fingerprint density at radius 3 is 2.23 bits per heavy atom. The number of hydrogen-bond acceptors (Lipinski definition) is 4. The van der Waals surface area contributed by atoms with Gasteiger partial charge in [-0.05, 0) is 80.4 Å². The third kappa shape index (κ3) is 5.76. The van der Waals surface area contributed by atoms with E-state index in [-0.39, 0.29) is 0 Å². The fourth-order valence-electron chi connectivity index (χ4n) is 4.30. The predicted molar refractivity (Wildman–Crippen MR) is 129 cm³/mol. The maximum absolute atomic E-state index is 13.2. The molecule has 0 spiro atoms. The third-order valence-corrected chi connectivity index (χ3v) is 9.19. The van der Waals surface area contributed by atoms with Crippen LogP contribution in [-0.2, 0) is 16.4 Å². The van der Waals surface area contributed by atoms with Crippen molar-refractivity contribution in [3.8, 4) is 0 Å². The zero-order chi connectivity index (χ0) is 21.5. The Hall–Kier alpha value is -2.15. The highest BCUT2D eigenvalue weighted by molar-refractivity contribution is 7.94. The van der Waals surface area contributed by atoms with Crippen LogP contribution in [0.25, 0.3) is 0 Å². The van der Waals surface area contributed by atoms with Crippen LogP contribution in [0.3, 0.4) is 0 Å². The number of likely N-dealkylation sites (tertiary alicyclic amines) is 1. The van der Waals surface area contributed by atoms with Crippen LogP contribution in [0, 0.1) is 5.92 Å². The van der Waals surface area contributed by atoms with Crippen LogP contribution in [0.4, 0.5) is 5.69 Å². The van der Waals surface area contributed by atoms with Gasteiger partial charge >= 0.3 is 0 Å². The number of benzene rings is 2. The predicted octanol–water partition coefficient (Wildman–Crippen LogP) is 5.29. The largest absolute Gasteiger partial charge is 0.303 e. The number of piperidine rings is 1. The van der Waals surface area contributed by atoms with Crippen LogP contribution in [-0.4, -0.2) is 39.5 Å². The van der Waals surface area contributed by atoms with Crippen LogP contribution < -0.4 is 4.31 Å². The Morgan fingerprint density at radius 2 is 1.58 bits per heavy atom. The second kappa shape index (κ2) is 10.4. The van der Waals surface area contributed by atoms with Crippen molar-refractivity contribution < 1.29 is 8.42 Å². The molecule has 3 aromatic rings. The van der Waals surface area contributed by atoms with Gasteiger partial charge in [0.25, 0.3) is 10.0 Å². The number of nitrogens with zero attached hydrogens (tertiary/aromatic N) is 2. The van der Waals surface area contributed by atoms with Gasteiger partial charge in [0.15, 0.2) is 0 Å². The van der Waals surface area contributed by atoms with Gasteiger partial charge in [-0.3, -0.25) is 4.31 Å². The summed E-state index contributed by atoms with van der Waals surface area (Å²) in [5.74, 6) is 0.749. The summed E-state index contributed by atoms with van der Waals surface area (Å²) in [6, 6.07) is 23.7. The first-order valence-electron chi connectivity index (χ1n) is 11.0. The maximum atomic E-state index is 13.2. The summed E-state index contributed by atoms with van der Waals surface area (Å²) < 4.78 is 28.4. The Morgan fingerprint density at radius 1 is 0.903 bits per heavy atom. The van der Waals surface area contributed by atoms with Crippen molar-refractivity contribution in [1.29, 1.82) is 0 Å². The molecule has 6 heteroatoms. The van der Waals surface area contributed by atoms with Crippen LogP contribution in [0.5, 0.6) is 0 Å². The van der Waals surface area contributed by atoms with E-state index in [9.17, 15) is 8.42 Å². The first-order valence-corrected chi connectivity index (χ1v) is 13.3. The number of rotatable bonds is 9. The summed E-state index contributed by atoms with van der Waals surface area (Å²) in [6.45, 7) is 3.62. The average molecular weight is 455 g/mol. The summed E-state index contributed by atoms with van der Waals surface area (Å²) in [5.41, 5.74) is 2.16. The fourth-order valence-corrected chi connectivity index (χ4v) is 6.91. The molecule has 1 aliphatic heterocycles. The normalized spacial score (nSPS) is 15.7. The van der Waals surface area contributed by atoms with Crippen molar-refractivity contribution in [1.82, 2.24) is 4.90 Å². The molecule has 1 fully saturated rings. The van der Waals surface area contributed by atoms with E-state index in [2.05, 4.69) is 35.2 Å². The minimum Gasteiger partial charge on any atom is -0.303 e. The van der Waals surface area contributed by atoms with Crippen LogP contribution in [0.15, 0.2) is 82.4 Å². The van der Waals surface area contributed by atoms with Crippen molar-refractivity contribution in [2.24, 2.45) is 5.92 Å². The van der Waals surface area contributed by atoms with Gasteiger partial charge in [0.1, 0.15) is 4.21 Å². The highest BCUT2D eigenvalue weighted by Gasteiger charge is 2.26. The third-order valence-electron chi connectivity index (χ3n) is 5.99. The monoisotopic (exact) mass is 454 g/mol. The van der Waals surface area contributed by atoms with Crippen LogP contribution in [0.1, 0.15) is 24.8 Å². The molecular weight excluding hydrogens is 424 g/mol. The molecule has 1 saturated heterocycles. The average Bonchev–Trinajstić information content (AvgIpc) is 3.35. The quantitative estimate of drug-likeness (QED) is 0.441. The van der Waals surface area contributed by atoms with Gasteiger partial charge < -0.3 is 4.90 Å². The molecule has 0 aliphatic carbocycles. The van der Waals surface area contributed by atoms with Crippen molar-refractivity contribution >= 4 is 27.0 Å². The molecule has 0 saturated carbocycles. The molecule has 0 amide bonds. The lowest BCUT2D eigenvalue weighted by Gasteiger charge is -2.32. The molecule has 4 nitrogen and oxygen atoms in total. The summed E-state index contributed by atoms with van der Waals surface area (Å²) in [6.07, 6.45) is 4.41. The highest BCUT2D eigenvalue weighted by atomic mass is 32.2. The van der Waals surface area contributed by atoms with E-state index in [0.29, 0.717) is 10.8 Å². The van der Waals surface area contributed by atoms with Gasteiger partial charge in [0, 0.05) is 6.54 Å². The van der Waals surface area contributed by atoms with Crippen LogP contribution >= 0.6 is 11.3 Å². The SMILES string of the molecule is O=S(=O)(c1cccs1)N(CCCN1CCC(Cc2ccccc2)CC1)c1ccccc1. The molecule has 0 atom stereocenters. The van der Waals surface area contributed by atoms with Gasteiger partial charge in [0.05, 0.1) is 5.69 Å². The molecule has 0 unspecified atom stereocenters. The van der Waals surface area contributed by atoms with E-state index in [1.165, 1.54) is 29.7 Å². The molecule has 0 N–H and O–H groups in total. The topological polar surface area (TPSA) is 40.6 Å². The van der Waals surface area contributed by atoms with Gasteiger partial charge in [-0.25, -0.2) is 8.42 Å². The van der Waals surface area contributed by atoms with Gasteiger partial charge in [0.2, 0.25) is 0 Å². The molecule has 4 rings (SSSR count). The van der Waals surface area contributed by atoms with Crippen LogP contribution in [0.2, 0.25) is 0 Å². The summed E-state index contributed by atoms with van der Waals surface area (Å²) in [4.78, 5) is 2.49. The van der Waals surface area contributed by atoms with Crippen molar-refractivity contribution in [3.05, 3.63) is 83.7 Å². The molecular formula is C25H30N2O2S2. The zero-order valence-electron chi connectivity index (χ0n) is 17.8. The lowest BCUT2D eigenvalue weighted by molar-refractivity contribution is 0.183. The molecule has 2 aromatic carbocycles. The lowest BCUT2D eigenvalue weighted by Crippen LogP contribution is -2.37. The molecule has 164 valence electrons. The Bertz CT molecular complexity index is 1010. The number of sulfonamides is 1. The smallest absolute Gasteiger partial charge is 0.273 e. The van der Waals surface area contributed by atoms with Crippen molar-refractivity contribution in [3.63, 3.8) is 0 Å². The zero-order valence-corrected chi connectivity index (χ0v) is 19.4. The molecule has 1 aliphatic rings. The van der Waals surface area contributed by atoms with E-state index < -0.39 is 10.0 Å². The van der Waals surface area contributed by atoms with E-state index >= 15 is 0 Å². The molecule has 31 heavy (non-hydrogen) atoms. The van der Waals surface area contributed by atoms with E-state index in [1.54, 1.807) is 16.4 Å². The van der Waals surface area contributed by atoms with Gasteiger partial charge in [-0.15, -0.1) is 11.3 Å². The van der Waals surface area contributed by atoms with E-state index in [4.69, 9.17) is 0 Å². The second-order valence-corrected chi connectivity index (χ2v) is 11.2. The van der Waals surface area contributed by atoms with Gasteiger partial charge in [-0.1, -0.05) is 54.6 Å². The molecule has 1 aromatic heterocycles. The molecule has 2 heterocycles. The summed E-state index contributed by atoms with van der Waals surface area (Å²) in [5, 5.41) is 1.82. The standard InChI is InChI=1S/C25H30N2O2S2/c28-31(29,25-13-7-20-30-25)27(24-11-5-2-6-12-24)17-8-16-26-18-14-23(15-19-26)21-22-9-3-1-4-10-22/h1-7,9-13,20,23H,8,14-19,21H2. The maximum Gasteiger partial charge on any atom is 0.273 e. The molecule has 0 radical (unpaired) electrons. The Kier molecular flexibility index (Phi) is 7.43. The number of thiophene rings is 1. The van der Waals surface area contributed by atoms with E-state index in [0.717, 1.165) is 44.1 Å². The number of para-hydroxylation sites is 1. The number of hydrogen-bond donors (Lipinski definition) is 0. The second-order valence-electron chi connectivity index (χ2n) is 8.17. The minimum absolute atomic E-state index is 0.401. The minimum atomic E-state index is -3.52. The first kappa shape index (κ1) is 22.1. The first-order chi connectivity index (χ1) is 15.1. The Labute approximate surface area is 190 Å². The van der Waals surface area contributed by atoms with Crippen molar-refractivity contribution in [2.75, 3.05) is 30.5 Å². The summed E-state index contributed by atoms with van der Waals surface area (Å²) in [7, 11) is -3.52. The highest BCUT2D eigenvalue weighted by Crippen LogP contribution is 2.27. The Balaban J connectivity index is 1.32. The summed E-state index contributed by atoms with van der Waals surface area (Å²) >= 11 is 1.28. The van der Waals surface area contributed by atoms with E-state index in [1.807, 2.05) is 35.7 Å².